The zero-order valence-corrected chi connectivity index (χ0v) is 9.24. The van der Waals surface area contributed by atoms with Gasteiger partial charge < -0.3 is 13.7 Å². The average Bonchev–Trinajstić information content (AvgIpc) is 2.68. The van der Waals surface area contributed by atoms with Gasteiger partial charge in [-0.15, -0.1) is 0 Å². The Kier molecular flexibility index (Phi) is 3.53. The van der Waals surface area contributed by atoms with E-state index in [0.29, 0.717) is 6.92 Å². The number of halogens is 2. The molecule has 0 saturated heterocycles. The third-order valence-electron chi connectivity index (χ3n) is 1.81. The van der Waals surface area contributed by atoms with Crippen LogP contribution in [-0.4, -0.2) is 30.3 Å². The van der Waals surface area contributed by atoms with Crippen LogP contribution in [0.2, 0.25) is 0 Å². The predicted octanol–water partition coefficient (Wildman–Crippen LogP) is 0.963. The number of esters is 1. The maximum Gasteiger partial charge on any atom is 0.374 e. The first-order valence-electron chi connectivity index (χ1n) is 4.24. The highest BCUT2D eigenvalue weighted by atomic mass is 32.2. The van der Waals surface area contributed by atoms with Crippen LogP contribution in [0.5, 0.6) is 0 Å². The van der Waals surface area contributed by atoms with Gasteiger partial charge in [0.15, 0.2) is 16.2 Å². The van der Waals surface area contributed by atoms with Crippen molar-refractivity contribution < 1.29 is 35.7 Å². The topological polar surface area (TPSA) is 96.6 Å². The molecule has 0 bridgehead atoms. The summed E-state index contributed by atoms with van der Waals surface area (Å²) in [5.74, 6) is -1.67. The first kappa shape index (κ1) is 13.6. The molecule has 0 aliphatic carbocycles. The molecular formula is C8H7F2O6S-. The lowest BCUT2D eigenvalue weighted by Gasteiger charge is -2.25. The van der Waals surface area contributed by atoms with Crippen molar-refractivity contribution in [3.05, 3.63) is 24.2 Å². The fourth-order valence-corrected chi connectivity index (χ4v) is 1.34. The van der Waals surface area contributed by atoms with Crippen molar-refractivity contribution in [2.24, 2.45) is 0 Å². The zero-order chi connectivity index (χ0) is 13.3. The molecular weight excluding hydrogens is 262 g/mol. The fraction of sp³-hybridized carbons (Fsp3) is 0.375. The van der Waals surface area contributed by atoms with Gasteiger partial charge in [-0.3, -0.25) is 0 Å². The van der Waals surface area contributed by atoms with Crippen LogP contribution in [-0.2, 0) is 14.9 Å². The third kappa shape index (κ3) is 2.80. The summed E-state index contributed by atoms with van der Waals surface area (Å²) in [7, 11) is -5.91. The molecule has 0 aromatic carbocycles. The van der Waals surface area contributed by atoms with Crippen molar-refractivity contribution in [2.45, 2.75) is 18.3 Å². The van der Waals surface area contributed by atoms with E-state index in [1.54, 1.807) is 0 Å². The highest BCUT2D eigenvalue weighted by Gasteiger charge is 2.46. The van der Waals surface area contributed by atoms with Gasteiger partial charge in [0, 0.05) is 0 Å². The van der Waals surface area contributed by atoms with Crippen LogP contribution in [0.1, 0.15) is 17.5 Å². The van der Waals surface area contributed by atoms with Crippen LogP contribution in [0.4, 0.5) is 8.78 Å². The molecule has 0 N–H and O–H groups in total. The Bertz CT molecular complexity index is 492. The van der Waals surface area contributed by atoms with E-state index in [2.05, 4.69) is 9.15 Å². The van der Waals surface area contributed by atoms with E-state index in [9.17, 15) is 26.5 Å². The summed E-state index contributed by atoms with van der Waals surface area (Å²) in [6, 6.07) is 2.45. The number of furan rings is 1. The molecule has 1 heterocycles. The van der Waals surface area contributed by atoms with Crippen LogP contribution in [0.15, 0.2) is 22.8 Å². The number of hydrogen-bond acceptors (Lipinski definition) is 6. The summed E-state index contributed by atoms with van der Waals surface area (Å²) in [4.78, 5) is 11.1. The average molecular weight is 269 g/mol. The van der Waals surface area contributed by atoms with Crippen molar-refractivity contribution >= 4 is 16.1 Å². The molecule has 1 unspecified atom stereocenters. The maximum absolute atomic E-state index is 12.9. The van der Waals surface area contributed by atoms with Crippen LogP contribution in [0, 0.1) is 0 Å². The van der Waals surface area contributed by atoms with Gasteiger partial charge in [0.1, 0.15) is 0 Å². The van der Waals surface area contributed by atoms with Crippen LogP contribution >= 0.6 is 0 Å². The molecule has 9 heteroatoms. The van der Waals surface area contributed by atoms with Crippen molar-refractivity contribution in [3.63, 3.8) is 0 Å². The highest BCUT2D eigenvalue weighted by Crippen LogP contribution is 2.27. The summed E-state index contributed by atoms with van der Waals surface area (Å²) in [6.07, 6.45) is -1.31. The number of rotatable bonds is 4. The standard InChI is InChI=1S/C8H8F2O6S/c1-5(8(9,10)17(12,13)14)16-7(11)6-3-2-4-15-6/h2-5H,1H3,(H,12,13,14)/p-1. The quantitative estimate of drug-likeness (QED) is 0.596. The normalized spacial score (nSPS) is 14.4. The second-order valence-electron chi connectivity index (χ2n) is 3.04. The van der Waals surface area contributed by atoms with Crippen molar-refractivity contribution in [3.8, 4) is 0 Å². The number of alkyl halides is 2. The summed E-state index contributed by atoms with van der Waals surface area (Å²) in [5, 5.41) is -4.70. The van der Waals surface area contributed by atoms with Gasteiger partial charge in [-0.05, 0) is 19.1 Å². The summed E-state index contributed by atoms with van der Waals surface area (Å²) in [6.45, 7) is 0.594. The molecule has 0 saturated carbocycles. The van der Waals surface area contributed by atoms with Crippen LogP contribution in [0.3, 0.4) is 0 Å². The minimum atomic E-state index is -5.91. The smallest absolute Gasteiger partial charge is 0.374 e. The number of hydrogen-bond donors (Lipinski definition) is 0. The lowest BCUT2D eigenvalue weighted by molar-refractivity contribution is -0.0568. The van der Waals surface area contributed by atoms with E-state index in [1.807, 2.05) is 0 Å². The first-order valence-corrected chi connectivity index (χ1v) is 5.65. The van der Waals surface area contributed by atoms with Gasteiger partial charge in [-0.1, -0.05) is 0 Å². The van der Waals surface area contributed by atoms with Crippen molar-refractivity contribution in [1.29, 1.82) is 0 Å². The predicted molar refractivity (Wildman–Crippen MR) is 48.2 cm³/mol. The SMILES string of the molecule is CC(OC(=O)c1ccco1)C(F)(F)S(=O)(=O)[O-]. The Balaban J connectivity index is 2.80. The lowest BCUT2D eigenvalue weighted by atomic mass is 10.4. The Morgan fingerprint density at radius 1 is 1.59 bits per heavy atom. The Morgan fingerprint density at radius 3 is 2.59 bits per heavy atom. The third-order valence-corrected chi connectivity index (χ3v) is 2.81. The van der Waals surface area contributed by atoms with Gasteiger partial charge in [-0.25, -0.2) is 13.2 Å². The van der Waals surface area contributed by atoms with Crippen molar-refractivity contribution in [1.82, 2.24) is 0 Å². The molecule has 96 valence electrons. The van der Waals surface area contributed by atoms with Crippen molar-refractivity contribution in [2.75, 3.05) is 0 Å². The Labute approximate surface area is 94.9 Å². The van der Waals surface area contributed by atoms with Crippen LogP contribution < -0.4 is 0 Å². The molecule has 0 amide bonds. The van der Waals surface area contributed by atoms with Gasteiger partial charge in [0.2, 0.25) is 5.76 Å². The van der Waals surface area contributed by atoms with Crippen LogP contribution in [0.25, 0.3) is 0 Å². The van der Waals surface area contributed by atoms with Gasteiger partial charge in [0.25, 0.3) is 0 Å². The molecule has 0 radical (unpaired) electrons. The van der Waals surface area contributed by atoms with E-state index in [1.165, 1.54) is 6.07 Å². The molecule has 0 aliphatic rings. The number of carbonyl (C=O) groups excluding carboxylic acids is 1. The second kappa shape index (κ2) is 4.41. The fourth-order valence-electron chi connectivity index (χ4n) is 0.885. The molecule has 0 fully saturated rings. The lowest BCUT2D eigenvalue weighted by Crippen LogP contribution is -2.42. The minimum absolute atomic E-state index is 0.379. The zero-order valence-electron chi connectivity index (χ0n) is 8.42. The monoisotopic (exact) mass is 269 g/mol. The van der Waals surface area contributed by atoms with Gasteiger partial charge in [-0.2, -0.15) is 8.78 Å². The molecule has 17 heavy (non-hydrogen) atoms. The molecule has 1 atom stereocenters. The Hall–Kier alpha value is -1.48. The van der Waals surface area contributed by atoms with E-state index in [0.717, 1.165) is 12.3 Å². The largest absolute Gasteiger partial charge is 0.743 e. The summed E-state index contributed by atoms with van der Waals surface area (Å²) >= 11 is 0. The summed E-state index contributed by atoms with van der Waals surface area (Å²) < 4.78 is 65.2. The molecule has 1 rings (SSSR count). The molecule has 1 aromatic rings. The van der Waals surface area contributed by atoms with E-state index in [-0.39, 0.29) is 5.76 Å². The number of ether oxygens (including phenoxy) is 1. The molecule has 0 spiro atoms. The molecule has 1 aromatic heterocycles. The second-order valence-corrected chi connectivity index (χ2v) is 4.49. The minimum Gasteiger partial charge on any atom is -0.743 e. The maximum atomic E-state index is 12.9. The van der Waals surface area contributed by atoms with Gasteiger partial charge in [0.05, 0.1) is 6.26 Å². The summed E-state index contributed by atoms with van der Waals surface area (Å²) in [5.41, 5.74) is 0. The first-order chi connectivity index (χ1) is 7.66. The Morgan fingerprint density at radius 2 is 2.18 bits per heavy atom. The van der Waals surface area contributed by atoms with Gasteiger partial charge >= 0.3 is 11.2 Å². The molecule has 0 aliphatic heterocycles. The highest BCUT2D eigenvalue weighted by molar-refractivity contribution is 7.86. The van der Waals surface area contributed by atoms with E-state index < -0.39 is 27.4 Å². The van der Waals surface area contributed by atoms with E-state index >= 15 is 0 Å². The molecule has 6 nitrogen and oxygen atoms in total. The van der Waals surface area contributed by atoms with E-state index in [4.69, 9.17) is 0 Å². The number of carbonyl (C=O) groups is 1.